The average molecular weight is 458 g/mol. The summed E-state index contributed by atoms with van der Waals surface area (Å²) in [5, 5.41) is 10.4. The molecule has 1 atom stereocenters. The van der Waals surface area contributed by atoms with Gasteiger partial charge in [0, 0.05) is 13.1 Å². The first-order valence-corrected chi connectivity index (χ1v) is 12.1. The largest absolute Gasteiger partial charge is 0.303 e. The summed E-state index contributed by atoms with van der Waals surface area (Å²) in [4.78, 5) is 14.6. The molecule has 0 unspecified atom stereocenters. The van der Waals surface area contributed by atoms with Gasteiger partial charge in [0.1, 0.15) is 0 Å². The van der Waals surface area contributed by atoms with Gasteiger partial charge in [-0.05, 0) is 50.4 Å². The van der Waals surface area contributed by atoms with Gasteiger partial charge in [-0.3, -0.25) is 10.1 Å². The Morgan fingerprint density at radius 3 is 2.90 bits per heavy atom. The minimum absolute atomic E-state index is 0.0950. The number of halogens is 1. The summed E-state index contributed by atoms with van der Waals surface area (Å²) in [7, 11) is -3.76. The highest BCUT2D eigenvalue weighted by Gasteiger charge is 2.22. The van der Waals surface area contributed by atoms with E-state index in [1.54, 1.807) is 24.3 Å². The van der Waals surface area contributed by atoms with Crippen LogP contribution in [0.3, 0.4) is 0 Å². The number of benzene rings is 1. The molecule has 3 rings (SSSR count). The summed E-state index contributed by atoms with van der Waals surface area (Å²) in [6.45, 7) is 5.57. The molecular formula is C18H24ClN5O3S2. The molecule has 11 heteroatoms. The van der Waals surface area contributed by atoms with Gasteiger partial charge in [0.05, 0.1) is 10.6 Å². The summed E-state index contributed by atoms with van der Waals surface area (Å²) < 4.78 is 27.2. The van der Waals surface area contributed by atoms with E-state index in [1.165, 1.54) is 12.8 Å². The Hall–Kier alpha value is -1.59. The SMILES string of the molecule is C[C@@H]1CCCN(CCCNS(=O)(=O)c2nnc(NC(=O)c3ccccc3Cl)s2)C1. The maximum Gasteiger partial charge on any atom is 0.269 e. The van der Waals surface area contributed by atoms with E-state index >= 15 is 0 Å². The van der Waals surface area contributed by atoms with Crippen molar-refractivity contribution in [1.82, 2.24) is 19.8 Å². The molecule has 0 radical (unpaired) electrons. The quantitative estimate of drug-likeness (QED) is 0.466. The number of hydrogen-bond donors (Lipinski definition) is 2. The van der Waals surface area contributed by atoms with E-state index in [2.05, 4.69) is 32.1 Å². The molecule has 1 aliphatic rings. The number of nitrogens with one attached hydrogen (secondary N) is 2. The van der Waals surface area contributed by atoms with Crippen LogP contribution in [0.2, 0.25) is 5.02 Å². The second-order valence-electron chi connectivity index (χ2n) is 7.11. The summed E-state index contributed by atoms with van der Waals surface area (Å²) >= 11 is 6.79. The normalized spacial score (nSPS) is 17.9. The smallest absolute Gasteiger partial charge is 0.269 e. The Morgan fingerprint density at radius 2 is 2.14 bits per heavy atom. The number of amides is 1. The highest BCUT2D eigenvalue weighted by molar-refractivity contribution is 7.91. The number of anilines is 1. The predicted octanol–water partition coefficient (Wildman–Crippen LogP) is 2.84. The van der Waals surface area contributed by atoms with Gasteiger partial charge >= 0.3 is 0 Å². The lowest BCUT2D eigenvalue weighted by Gasteiger charge is -2.30. The van der Waals surface area contributed by atoms with Crippen LogP contribution in [-0.2, 0) is 10.0 Å². The van der Waals surface area contributed by atoms with Crippen molar-refractivity contribution in [2.45, 2.75) is 30.5 Å². The number of aromatic nitrogens is 2. The molecule has 0 bridgehead atoms. The number of rotatable bonds is 8. The fourth-order valence-corrected chi connectivity index (χ4v) is 5.47. The molecule has 0 aliphatic carbocycles. The molecule has 0 saturated carbocycles. The number of likely N-dealkylation sites (tertiary alicyclic amines) is 1. The van der Waals surface area contributed by atoms with E-state index in [9.17, 15) is 13.2 Å². The van der Waals surface area contributed by atoms with Crippen molar-refractivity contribution in [2.75, 3.05) is 31.5 Å². The van der Waals surface area contributed by atoms with E-state index < -0.39 is 15.9 Å². The molecule has 2 heterocycles. The molecule has 1 fully saturated rings. The number of carbonyl (C=O) groups is 1. The first kappa shape index (κ1) is 22.1. The molecule has 1 aliphatic heterocycles. The predicted molar refractivity (Wildman–Crippen MR) is 114 cm³/mol. The third kappa shape index (κ3) is 6.19. The number of hydrogen-bond acceptors (Lipinski definition) is 7. The molecule has 158 valence electrons. The van der Waals surface area contributed by atoms with Gasteiger partial charge < -0.3 is 4.90 Å². The third-order valence-corrected chi connectivity index (χ3v) is 7.66. The lowest BCUT2D eigenvalue weighted by Crippen LogP contribution is -2.36. The van der Waals surface area contributed by atoms with Crippen LogP contribution in [0.25, 0.3) is 0 Å². The summed E-state index contributed by atoms with van der Waals surface area (Å²) in [5.74, 6) is 0.223. The Kier molecular flexibility index (Phi) is 7.58. The van der Waals surface area contributed by atoms with Crippen LogP contribution >= 0.6 is 22.9 Å². The van der Waals surface area contributed by atoms with Crippen molar-refractivity contribution in [3.63, 3.8) is 0 Å². The molecule has 1 aromatic heterocycles. The molecular weight excluding hydrogens is 434 g/mol. The minimum Gasteiger partial charge on any atom is -0.303 e. The summed E-state index contributed by atoms with van der Waals surface area (Å²) in [6, 6.07) is 6.57. The van der Waals surface area contributed by atoms with E-state index in [4.69, 9.17) is 11.6 Å². The first-order valence-electron chi connectivity index (χ1n) is 9.46. The van der Waals surface area contributed by atoms with Crippen molar-refractivity contribution in [1.29, 1.82) is 0 Å². The van der Waals surface area contributed by atoms with Crippen molar-refractivity contribution < 1.29 is 13.2 Å². The van der Waals surface area contributed by atoms with E-state index in [0.717, 1.165) is 37.4 Å². The first-order chi connectivity index (χ1) is 13.8. The van der Waals surface area contributed by atoms with Gasteiger partial charge in [-0.2, -0.15) is 0 Å². The lowest BCUT2D eigenvalue weighted by atomic mass is 10.0. The summed E-state index contributed by atoms with van der Waals surface area (Å²) in [6.07, 6.45) is 3.18. The number of carbonyl (C=O) groups excluding carboxylic acids is 1. The van der Waals surface area contributed by atoms with Crippen LogP contribution in [-0.4, -0.2) is 55.6 Å². The lowest BCUT2D eigenvalue weighted by molar-refractivity contribution is 0.102. The topological polar surface area (TPSA) is 104 Å². The van der Waals surface area contributed by atoms with Crippen LogP contribution in [0.4, 0.5) is 5.13 Å². The Balaban J connectivity index is 1.50. The molecule has 0 spiro atoms. The second-order valence-corrected chi connectivity index (χ2v) is 10.4. The van der Waals surface area contributed by atoms with Gasteiger partial charge in [0.2, 0.25) is 9.47 Å². The molecule has 29 heavy (non-hydrogen) atoms. The van der Waals surface area contributed by atoms with Gasteiger partial charge in [-0.25, -0.2) is 13.1 Å². The van der Waals surface area contributed by atoms with E-state index in [-0.39, 0.29) is 15.0 Å². The van der Waals surface area contributed by atoms with Crippen molar-refractivity contribution >= 4 is 44.0 Å². The molecule has 8 nitrogen and oxygen atoms in total. The van der Waals surface area contributed by atoms with Crippen molar-refractivity contribution in [2.24, 2.45) is 5.92 Å². The van der Waals surface area contributed by atoms with Crippen LogP contribution in [0.1, 0.15) is 36.5 Å². The Labute approximate surface area is 179 Å². The van der Waals surface area contributed by atoms with E-state index in [1.807, 2.05) is 0 Å². The fraction of sp³-hybridized carbons (Fsp3) is 0.500. The van der Waals surface area contributed by atoms with Crippen LogP contribution in [0.15, 0.2) is 28.6 Å². The number of piperidine rings is 1. The molecule has 2 aromatic rings. The monoisotopic (exact) mass is 457 g/mol. The van der Waals surface area contributed by atoms with Crippen LogP contribution < -0.4 is 10.0 Å². The minimum atomic E-state index is -3.76. The van der Waals surface area contributed by atoms with Crippen molar-refractivity contribution in [3.05, 3.63) is 34.9 Å². The van der Waals surface area contributed by atoms with Gasteiger partial charge in [0.15, 0.2) is 0 Å². The third-order valence-electron chi connectivity index (χ3n) is 4.66. The molecule has 1 aromatic carbocycles. The maximum absolute atomic E-state index is 12.4. The second kappa shape index (κ2) is 9.94. The highest BCUT2D eigenvalue weighted by atomic mass is 35.5. The molecule has 2 N–H and O–H groups in total. The zero-order valence-electron chi connectivity index (χ0n) is 16.1. The Morgan fingerprint density at radius 1 is 1.34 bits per heavy atom. The number of sulfonamides is 1. The van der Waals surface area contributed by atoms with Gasteiger partial charge in [-0.1, -0.05) is 42.0 Å². The van der Waals surface area contributed by atoms with Gasteiger partial charge in [0.25, 0.3) is 15.9 Å². The Bertz CT molecular complexity index is 950. The average Bonchev–Trinajstić information content (AvgIpc) is 3.15. The van der Waals surface area contributed by atoms with Crippen molar-refractivity contribution in [3.8, 4) is 0 Å². The maximum atomic E-state index is 12.4. The van der Waals surface area contributed by atoms with Crippen LogP contribution in [0.5, 0.6) is 0 Å². The molecule has 1 saturated heterocycles. The fourth-order valence-electron chi connectivity index (χ4n) is 3.24. The standard InChI is InChI=1S/C18H24ClN5O3S2/c1-13-6-4-10-24(12-13)11-5-9-20-29(26,27)18-23-22-17(28-18)21-16(25)14-7-2-3-8-15(14)19/h2-3,7-8,13,20H,4-6,9-12H2,1H3,(H,21,22,25)/t13-/m1/s1. The van der Waals surface area contributed by atoms with E-state index in [0.29, 0.717) is 17.5 Å². The highest BCUT2D eigenvalue weighted by Crippen LogP contribution is 2.22. The summed E-state index contributed by atoms with van der Waals surface area (Å²) in [5.41, 5.74) is 0.277. The molecule has 1 amide bonds. The zero-order valence-corrected chi connectivity index (χ0v) is 18.5. The van der Waals surface area contributed by atoms with Crippen LogP contribution in [0, 0.1) is 5.92 Å². The van der Waals surface area contributed by atoms with Gasteiger partial charge in [-0.15, -0.1) is 10.2 Å². The number of nitrogens with zero attached hydrogens (tertiary/aromatic N) is 3. The zero-order chi connectivity index (χ0) is 20.9.